The molecule has 0 saturated carbocycles. The van der Waals surface area contributed by atoms with Crippen molar-refractivity contribution in [3.63, 3.8) is 0 Å². The highest BCUT2D eigenvalue weighted by molar-refractivity contribution is 4.78. The van der Waals surface area contributed by atoms with Crippen LogP contribution in [0.2, 0.25) is 0 Å². The summed E-state index contributed by atoms with van der Waals surface area (Å²) in [6.45, 7) is 7.21. The van der Waals surface area contributed by atoms with Crippen molar-refractivity contribution >= 4 is 0 Å². The molecular weight excluding hydrogens is 188 g/mol. The van der Waals surface area contributed by atoms with E-state index in [2.05, 4.69) is 17.1 Å². The Morgan fingerprint density at radius 2 is 2.27 bits per heavy atom. The van der Waals surface area contributed by atoms with Gasteiger partial charge in [-0.3, -0.25) is 0 Å². The second-order valence-electron chi connectivity index (χ2n) is 4.40. The van der Waals surface area contributed by atoms with Gasteiger partial charge in [-0.25, -0.2) is 0 Å². The maximum Gasteiger partial charge on any atom is 0.0431 e. The number of hydrogen-bond acceptors (Lipinski definition) is 3. The first-order valence-corrected chi connectivity index (χ1v) is 6.44. The molecular formula is C12H26N2O. The summed E-state index contributed by atoms with van der Waals surface area (Å²) in [5, 5.41) is 12.2. The van der Waals surface area contributed by atoms with Crippen molar-refractivity contribution in [3.05, 3.63) is 0 Å². The lowest BCUT2D eigenvalue weighted by atomic mass is 10.1. The van der Waals surface area contributed by atoms with Gasteiger partial charge in [-0.05, 0) is 58.3 Å². The maximum atomic E-state index is 8.83. The molecule has 1 atom stereocenters. The summed E-state index contributed by atoms with van der Waals surface area (Å²) in [6.07, 6.45) is 6.08. The molecule has 1 aliphatic rings. The van der Waals surface area contributed by atoms with Crippen molar-refractivity contribution < 1.29 is 5.11 Å². The zero-order valence-corrected chi connectivity index (χ0v) is 10.0. The van der Waals surface area contributed by atoms with Crippen LogP contribution in [0.25, 0.3) is 0 Å². The predicted octanol–water partition coefficient (Wildman–Crippen LogP) is 1.22. The van der Waals surface area contributed by atoms with E-state index < -0.39 is 0 Å². The van der Waals surface area contributed by atoms with E-state index in [1.807, 2.05) is 0 Å². The van der Waals surface area contributed by atoms with E-state index >= 15 is 0 Å². The van der Waals surface area contributed by atoms with Crippen LogP contribution >= 0.6 is 0 Å². The Morgan fingerprint density at radius 3 is 3.00 bits per heavy atom. The van der Waals surface area contributed by atoms with Gasteiger partial charge in [0, 0.05) is 12.6 Å². The van der Waals surface area contributed by atoms with Gasteiger partial charge >= 0.3 is 0 Å². The van der Waals surface area contributed by atoms with Crippen molar-refractivity contribution in [3.8, 4) is 0 Å². The average molecular weight is 214 g/mol. The van der Waals surface area contributed by atoms with Gasteiger partial charge in [0.15, 0.2) is 0 Å². The Kier molecular flexibility index (Phi) is 6.98. The Hall–Kier alpha value is -0.120. The summed E-state index contributed by atoms with van der Waals surface area (Å²) in [4.78, 5) is 2.60. The molecule has 1 fully saturated rings. The molecule has 0 bridgehead atoms. The minimum absolute atomic E-state index is 0.349. The van der Waals surface area contributed by atoms with E-state index in [-0.39, 0.29) is 0 Å². The largest absolute Gasteiger partial charge is 0.396 e. The highest BCUT2D eigenvalue weighted by Crippen LogP contribution is 2.20. The second-order valence-corrected chi connectivity index (χ2v) is 4.40. The second kappa shape index (κ2) is 8.08. The van der Waals surface area contributed by atoms with Crippen LogP contribution in [0.15, 0.2) is 0 Å². The van der Waals surface area contributed by atoms with Crippen LogP contribution < -0.4 is 5.32 Å². The number of rotatable bonds is 8. The number of likely N-dealkylation sites (tertiary alicyclic amines) is 1. The van der Waals surface area contributed by atoms with Gasteiger partial charge in [0.1, 0.15) is 0 Å². The van der Waals surface area contributed by atoms with Gasteiger partial charge in [0.05, 0.1) is 0 Å². The molecule has 1 saturated heterocycles. The zero-order chi connectivity index (χ0) is 10.9. The lowest BCUT2D eigenvalue weighted by Gasteiger charge is -2.24. The van der Waals surface area contributed by atoms with Crippen LogP contribution in [0.3, 0.4) is 0 Å². The first-order valence-electron chi connectivity index (χ1n) is 6.44. The fourth-order valence-electron chi connectivity index (χ4n) is 2.43. The highest BCUT2D eigenvalue weighted by atomic mass is 16.2. The monoisotopic (exact) mass is 214 g/mol. The van der Waals surface area contributed by atoms with Crippen LogP contribution in [0.1, 0.15) is 39.0 Å². The molecule has 1 aliphatic heterocycles. The summed E-state index contributed by atoms with van der Waals surface area (Å²) < 4.78 is 0. The molecule has 3 nitrogen and oxygen atoms in total. The third-order valence-corrected chi connectivity index (χ3v) is 3.24. The Bertz CT molecular complexity index is 153. The Labute approximate surface area is 93.9 Å². The molecule has 15 heavy (non-hydrogen) atoms. The Morgan fingerprint density at radius 1 is 1.40 bits per heavy atom. The molecule has 0 amide bonds. The minimum atomic E-state index is 0.349. The number of aliphatic hydroxyl groups excluding tert-OH is 1. The zero-order valence-electron chi connectivity index (χ0n) is 10.0. The van der Waals surface area contributed by atoms with E-state index in [1.165, 1.54) is 38.8 Å². The summed E-state index contributed by atoms with van der Waals surface area (Å²) in [5.41, 5.74) is 0. The van der Waals surface area contributed by atoms with E-state index in [1.54, 1.807) is 0 Å². The molecule has 0 aliphatic carbocycles. The first-order chi connectivity index (χ1) is 7.38. The molecule has 90 valence electrons. The predicted molar refractivity (Wildman–Crippen MR) is 64.1 cm³/mol. The number of hydrogen-bond donors (Lipinski definition) is 2. The summed E-state index contributed by atoms with van der Waals surface area (Å²) >= 11 is 0. The normalized spacial score (nSPS) is 22.4. The molecule has 1 rings (SSSR count). The van der Waals surface area contributed by atoms with Gasteiger partial charge in [0.25, 0.3) is 0 Å². The minimum Gasteiger partial charge on any atom is -0.396 e. The van der Waals surface area contributed by atoms with Crippen LogP contribution in [0.5, 0.6) is 0 Å². The lowest BCUT2D eigenvalue weighted by molar-refractivity contribution is 0.214. The fourth-order valence-corrected chi connectivity index (χ4v) is 2.43. The molecule has 0 radical (unpaired) electrons. The van der Waals surface area contributed by atoms with E-state index in [0.717, 1.165) is 25.6 Å². The lowest BCUT2D eigenvalue weighted by Crippen LogP contribution is -2.32. The fraction of sp³-hybridized carbons (Fsp3) is 1.00. The van der Waals surface area contributed by atoms with Crippen molar-refractivity contribution in [1.29, 1.82) is 0 Å². The molecule has 0 aromatic rings. The standard InChI is InChI=1S/C12H26N2O/c1-2-13-8-5-10-14-9-3-6-12(14)7-4-11-15/h12-13,15H,2-11H2,1H3. The van der Waals surface area contributed by atoms with Crippen molar-refractivity contribution in [1.82, 2.24) is 10.2 Å². The molecule has 2 N–H and O–H groups in total. The molecule has 0 aromatic carbocycles. The van der Waals surface area contributed by atoms with Crippen LogP contribution in [-0.4, -0.2) is 48.8 Å². The van der Waals surface area contributed by atoms with Gasteiger partial charge in [-0.15, -0.1) is 0 Å². The average Bonchev–Trinajstić information content (AvgIpc) is 2.69. The third-order valence-electron chi connectivity index (χ3n) is 3.24. The van der Waals surface area contributed by atoms with Crippen molar-refractivity contribution in [2.45, 2.75) is 45.1 Å². The topological polar surface area (TPSA) is 35.5 Å². The Balaban J connectivity index is 2.09. The number of nitrogens with one attached hydrogen (secondary N) is 1. The van der Waals surface area contributed by atoms with E-state index in [4.69, 9.17) is 5.11 Å². The molecule has 3 heteroatoms. The maximum absolute atomic E-state index is 8.83. The van der Waals surface area contributed by atoms with Gasteiger partial charge < -0.3 is 15.3 Å². The van der Waals surface area contributed by atoms with Gasteiger partial charge in [-0.2, -0.15) is 0 Å². The number of aliphatic hydroxyl groups is 1. The SMILES string of the molecule is CCNCCCN1CCCC1CCCO. The van der Waals surface area contributed by atoms with Crippen LogP contribution in [0, 0.1) is 0 Å². The molecule has 0 aromatic heterocycles. The smallest absolute Gasteiger partial charge is 0.0431 e. The van der Waals surface area contributed by atoms with Crippen molar-refractivity contribution in [2.24, 2.45) is 0 Å². The molecule has 1 heterocycles. The van der Waals surface area contributed by atoms with Gasteiger partial charge in [0.2, 0.25) is 0 Å². The number of nitrogens with zero attached hydrogens (tertiary/aromatic N) is 1. The van der Waals surface area contributed by atoms with Crippen molar-refractivity contribution in [2.75, 3.05) is 32.8 Å². The summed E-state index contributed by atoms with van der Waals surface area (Å²) in [6, 6.07) is 0.749. The highest BCUT2D eigenvalue weighted by Gasteiger charge is 2.22. The van der Waals surface area contributed by atoms with Crippen LogP contribution in [0.4, 0.5) is 0 Å². The van der Waals surface area contributed by atoms with E-state index in [0.29, 0.717) is 6.61 Å². The quantitative estimate of drug-likeness (QED) is 0.596. The first kappa shape index (κ1) is 12.9. The molecule has 1 unspecified atom stereocenters. The summed E-state index contributed by atoms with van der Waals surface area (Å²) in [7, 11) is 0. The van der Waals surface area contributed by atoms with E-state index in [9.17, 15) is 0 Å². The summed E-state index contributed by atoms with van der Waals surface area (Å²) in [5.74, 6) is 0. The molecule has 0 spiro atoms. The third kappa shape index (κ3) is 4.96. The van der Waals surface area contributed by atoms with Gasteiger partial charge in [-0.1, -0.05) is 6.92 Å². The van der Waals surface area contributed by atoms with Crippen LogP contribution in [-0.2, 0) is 0 Å².